The van der Waals surface area contributed by atoms with E-state index < -0.39 is 11.8 Å². The molecule has 0 aromatic heterocycles. The lowest BCUT2D eigenvalue weighted by Crippen LogP contribution is -2.13. The van der Waals surface area contributed by atoms with E-state index in [4.69, 9.17) is 4.74 Å². The number of hydrogen-bond donors (Lipinski definition) is 0. The van der Waals surface area contributed by atoms with E-state index in [9.17, 15) is 9.18 Å². The minimum Gasteiger partial charge on any atom is -0.454 e. The van der Waals surface area contributed by atoms with Crippen molar-refractivity contribution in [3.05, 3.63) is 70.5 Å². The Hall–Kier alpha value is -2.16. The molecule has 2 aromatic rings. The third-order valence-electron chi connectivity index (χ3n) is 6.61. The van der Waals surface area contributed by atoms with Gasteiger partial charge in [0.05, 0.1) is 5.56 Å². The molecule has 0 aliphatic heterocycles. The lowest BCUT2D eigenvalue weighted by Gasteiger charge is -2.17. The van der Waals surface area contributed by atoms with Crippen molar-refractivity contribution in [3.8, 4) is 0 Å². The SMILES string of the molecule is CCCCCCCCCc1ccc(C(CC)OC(=O)c2ccc(CCCCCC)cc2F)cc1. The van der Waals surface area contributed by atoms with Gasteiger partial charge in [0.1, 0.15) is 11.9 Å². The van der Waals surface area contributed by atoms with E-state index in [1.54, 1.807) is 6.07 Å². The Morgan fingerprint density at radius 2 is 1.26 bits per heavy atom. The van der Waals surface area contributed by atoms with Crippen molar-refractivity contribution in [1.82, 2.24) is 0 Å². The first-order valence-corrected chi connectivity index (χ1v) is 13.7. The van der Waals surface area contributed by atoms with Gasteiger partial charge in [-0.1, -0.05) is 109 Å². The Morgan fingerprint density at radius 3 is 1.85 bits per heavy atom. The second-order valence-electron chi connectivity index (χ2n) is 9.54. The fourth-order valence-corrected chi connectivity index (χ4v) is 4.40. The van der Waals surface area contributed by atoms with Gasteiger partial charge in [0.15, 0.2) is 0 Å². The molecule has 1 unspecified atom stereocenters. The van der Waals surface area contributed by atoms with Gasteiger partial charge in [-0.2, -0.15) is 0 Å². The maximum atomic E-state index is 14.6. The van der Waals surface area contributed by atoms with Crippen LogP contribution >= 0.6 is 0 Å². The molecule has 1 atom stereocenters. The molecule has 0 heterocycles. The number of carbonyl (C=O) groups excluding carboxylic acids is 1. The summed E-state index contributed by atoms with van der Waals surface area (Å²) in [4.78, 5) is 12.7. The van der Waals surface area contributed by atoms with Crippen molar-refractivity contribution >= 4 is 5.97 Å². The summed E-state index contributed by atoms with van der Waals surface area (Å²) in [5, 5.41) is 0. The third-order valence-corrected chi connectivity index (χ3v) is 6.61. The van der Waals surface area contributed by atoms with Crippen molar-refractivity contribution < 1.29 is 13.9 Å². The van der Waals surface area contributed by atoms with Crippen LogP contribution in [0.3, 0.4) is 0 Å². The number of esters is 1. The van der Waals surface area contributed by atoms with Gasteiger partial charge < -0.3 is 4.74 Å². The van der Waals surface area contributed by atoms with E-state index >= 15 is 0 Å². The fourth-order valence-electron chi connectivity index (χ4n) is 4.40. The van der Waals surface area contributed by atoms with E-state index in [0.717, 1.165) is 36.8 Å². The van der Waals surface area contributed by atoms with E-state index in [0.29, 0.717) is 6.42 Å². The van der Waals surface area contributed by atoms with Crippen molar-refractivity contribution in [2.75, 3.05) is 0 Å². The first-order chi connectivity index (χ1) is 16.6. The zero-order chi connectivity index (χ0) is 24.6. The summed E-state index contributed by atoms with van der Waals surface area (Å²) in [6, 6.07) is 13.3. The van der Waals surface area contributed by atoms with Crippen molar-refractivity contribution in [3.63, 3.8) is 0 Å². The summed E-state index contributed by atoms with van der Waals surface area (Å²) in [7, 11) is 0. The molecule has 0 spiro atoms. The number of unbranched alkanes of at least 4 members (excludes halogenated alkanes) is 9. The number of hydrogen-bond acceptors (Lipinski definition) is 2. The lowest BCUT2D eigenvalue weighted by molar-refractivity contribution is 0.0282. The van der Waals surface area contributed by atoms with Gasteiger partial charge in [0, 0.05) is 0 Å². The summed E-state index contributed by atoms with van der Waals surface area (Å²) < 4.78 is 20.3. The summed E-state index contributed by atoms with van der Waals surface area (Å²) >= 11 is 0. The lowest BCUT2D eigenvalue weighted by atomic mass is 10.0. The molecule has 2 nitrogen and oxygen atoms in total. The van der Waals surface area contributed by atoms with Crippen LogP contribution in [0.4, 0.5) is 4.39 Å². The molecule has 0 saturated carbocycles. The molecule has 0 radical (unpaired) electrons. The summed E-state index contributed by atoms with van der Waals surface area (Å²) in [5.74, 6) is -1.08. The summed E-state index contributed by atoms with van der Waals surface area (Å²) in [6.07, 6.45) is 15.9. The number of rotatable bonds is 17. The van der Waals surface area contributed by atoms with E-state index in [-0.39, 0.29) is 11.7 Å². The number of aryl methyl sites for hydroxylation is 2. The average molecular weight is 469 g/mol. The second-order valence-corrected chi connectivity index (χ2v) is 9.54. The zero-order valence-corrected chi connectivity index (χ0v) is 21.7. The highest BCUT2D eigenvalue weighted by atomic mass is 19.1. The maximum Gasteiger partial charge on any atom is 0.341 e. The van der Waals surface area contributed by atoms with Gasteiger partial charge in [-0.15, -0.1) is 0 Å². The molecule has 0 fully saturated rings. The minimum atomic E-state index is -0.589. The van der Waals surface area contributed by atoms with Crippen molar-refractivity contribution in [1.29, 1.82) is 0 Å². The smallest absolute Gasteiger partial charge is 0.341 e. The normalized spacial score (nSPS) is 12.0. The molecular formula is C31H45FO2. The van der Waals surface area contributed by atoms with Crippen LogP contribution in [0.5, 0.6) is 0 Å². The molecule has 34 heavy (non-hydrogen) atoms. The fraction of sp³-hybridized carbons (Fsp3) is 0.581. The molecule has 0 aliphatic rings. The molecule has 0 aliphatic carbocycles. The van der Waals surface area contributed by atoms with Gasteiger partial charge in [0.25, 0.3) is 0 Å². The largest absolute Gasteiger partial charge is 0.454 e. The maximum absolute atomic E-state index is 14.6. The average Bonchev–Trinajstić information content (AvgIpc) is 2.85. The highest BCUT2D eigenvalue weighted by Crippen LogP contribution is 2.25. The molecule has 3 heteroatoms. The Bertz CT molecular complexity index is 828. The number of ether oxygens (including phenoxy) is 1. The topological polar surface area (TPSA) is 26.3 Å². The van der Waals surface area contributed by atoms with Gasteiger partial charge >= 0.3 is 5.97 Å². The van der Waals surface area contributed by atoms with Crippen LogP contribution in [-0.4, -0.2) is 5.97 Å². The number of carbonyl (C=O) groups is 1. The van der Waals surface area contributed by atoms with Crippen LogP contribution in [0.1, 0.15) is 131 Å². The van der Waals surface area contributed by atoms with E-state index in [1.165, 1.54) is 69.4 Å². The highest BCUT2D eigenvalue weighted by Gasteiger charge is 2.19. The molecule has 0 N–H and O–H groups in total. The molecule has 2 rings (SSSR count). The summed E-state index contributed by atoms with van der Waals surface area (Å²) in [6.45, 7) is 6.41. The highest BCUT2D eigenvalue weighted by molar-refractivity contribution is 5.90. The predicted molar refractivity (Wildman–Crippen MR) is 141 cm³/mol. The first kappa shape index (κ1) is 28.1. The first-order valence-electron chi connectivity index (χ1n) is 13.7. The Morgan fingerprint density at radius 1 is 0.735 bits per heavy atom. The van der Waals surface area contributed by atoms with Crippen LogP contribution in [-0.2, 0) is 17.6 Å². The Kier molecular flexibility index (Phi) is 13.6. The number of benzene rings is 2. The van der Waals surface area contributed by atoms with Crippen molar-refractivity contribution in [2.45, 2.75) is 117 Å². The van der Waals surface area contributed by atoms with Gasteiger partial charge in [0.2, 0.25) is 0 Å². The van der Waals surface area contributed by atoms with Gasteiger partial charge in [-0.25, -0.2) is 9.18 Å². The van der Waals surface area contributed by atoms with Crippen LogP contribution in [0.15, 0.2) is 42.5 Å². The molecule has 0 bridgehead atoms. The minimum absolute atomic E-state index is 0.0197. The predicted octanol–water partition coefficient (Wildman–Crippen LogP) is 9.55. The Labute approximate surface area is 207 Å². The van der Waals surface area contributed by atoms with Crippen molar-refractivity contribution in [2.24, 2.45) is 0 Å². The van der Waals surface area contributed by atoms with E-state index in [1.807, 2.05) is 25.1 Å². The standard InChI is InChI=1S/C31H45FO2/c1-4-7-9-11-12-13-15-16-25-18-21-27(22-19-25)30(6-3)34-31(33)28-23-20-26(24-29(28)32)17-14-10-8-5-2/h18-24,30H,4-17H2,1-3H3. The number of halogens is 1. The third kappa shape index (κ3) is 9.99. The molecule has 188 valence electrons. The van der Waals surface area contributed by atoms with Crippen LogP contribution in [0.2, 0.25) is 0 Å². The van der Waals surface area contributed by atoms with E-state index in [2.05, 4.69) is 26.0 Å². The summed E-state index contributed by atoms with van der Waals surface area (Å²) in [5.41, 5.74) is 3.24. The molecule has 2 aromatic carbocycles. The zero-order valence-electron chi connectivity index (χ0n) is 21.7. The van der Waals surface area contributed by atoms with Gasteiger partial charge in [-0.3, -0.25) is 0 Å². The molecule has 0 saturated heterocycles. The van der Waals surface area contributed by atoms with Crippen LogP contribution in [0, 0.1) is 5.82 Å². The Balaban J connectivity index is 1.85. The monoisotopic (exact) mass is 468 g/mol. The van der Waals surface area contributed by atoms with Crippen LogP contribution < -0.4 is 0 Å². The quantitative estimate of drug-likeness (QED) is 0.171. The van der Waals surface area contributed by atoms with Gasteiger partial charge in [-0.05, 0) is 60.9 Å². The molecular weight excluding hydrogens is 423 g/mol. The second kappa shape index (κ2) is 16.5. The molecule has 0 amide bonds. The van der Waals surface area contributed by atoms with Crippen LogP contribution in [0.25, 0.3) is 0 Å².